The van der Waals surface area contributed by atoms with E-state index in [9.17, 15) is 13.2 Å². The highest BCUT2D eigenvalue weighted by atomic mass is 19.1. The van der Waals surface area contributed by atoms with Gasteiger partial charge in [0.1, 0.15) is 29.1 Å². The van der Waals surface area contributed by atoms with Gasteiger partial charge in [-0.3, -0.25) is 0 Å². The monoisotopic (exact) mass is 371 g/mol. The average molecular weight is 371 g/mol. The van der Waals surface area contributed by atoms with Gasteiger partial charge < -0.3 is 0 Å². The van der Waals surface area contributed by atoms with Gasteiger partial charge in [-0.2, -0.15) is 5.26 Å². The zero-order valence-corrected chi connectivity index (χ0v) is 15.6. The first-order chi connectivity index (χ1) is 13.0. The molecule has 0 aliphatic heterocycles. The highest BCUT2D eigenvalue weighted by molar-refractivity contribution is 5.44. The molecular weight excluding hydrogens is 347 g/mol. The zero-order valence-electron chi connectivity index (χ0n) is 15.6. The van der Waals surface area contributed by atoms with E-state index in [1.807, 2.05) is 12.1 Å². The van der Waals surface area contributed by atoms with Crippen LogP contribution in [0, 0.1) is 28.8 Å². The van der Waals surface area contributed by atoms with E-state index in [0.29, 0.717) is 36.0 Å². The van der Waals surface area contributed by atoms with Crippen LogP contribution in [0.25, 0.3) is 0 Å². The molecule has 27 heavy (non-hydrogen) atoms. The molecule has 1 aliphatic carbocycles. The fourth-order valence-corrected chi connectivity index (χ4v) is 4.03. The molecule has 3 rings (SSSR count). The number of rotatable bonds is 6. The number of unbranched alkanes of at least 4 members (excludes halogenated alkanes) is 3. The van der Waals surface area contributed by atoms with Crippen LogP contribution in [0.1, 0.15) is 72.8 Å². The Kier molecular flexibility index (Phi) is 6.21. The van der Waals surface area contributed by atoms with Crippen molar-refractivity contribution in [2.45, 2.75) is 64.2 Å². The number of aryl methyl sites for hydroxylation is 1. The average Bonchev–Trinajstić information content (AvgIpc) is 2.65. The van der Waals surface area contributed by atoms with Crippen LogP contribution >= 0.6 is 0 Å². The number of nitrogens with zero attached hydrogens (tertiary/aromatic N) is 1. The standard InChI is InChI=1S/C23H24F3N/c1-2-3-4-5-6-15-7-9-18(21(24)11-15)16-8-10-19-17(12-16)13-22(25)20(14-27)23(19)26/h7,9,11,13,16H,2-6,8,10,12H2,1H3. The number of halogens is 3. The topological polar surface area (TPSA) is 23.8 Å². The van der Waals surface area contributed by atoms with E-state index in [0.717, 1.165) is 24.8 Å². The van der Waals surface area contributed by atoms with Crippen LogP contribution in [-0.4, -0.2) is 0 Å². The van der Waals surface area contributed by atoms with E-state index in [1.54, 1.807) is 12.1 Å². The van der Waals surface area contributed by atoms with Gasteiger partial charge in [-0.25, -0.2) is 13.2 Å². The van der Waals surface area contributed by atoms with Crippen molar-refractivity contribution in [3.63, 3.8) is 0 Å². The van der Waals surface area contributed by atoms with E-state index >= 15 is 0 Å². The Labute approximate surface area is 158 Å². The van der Waals surface area contributed by atoms with Gasteiger partial charge in [-0.15, -0.1) is 0 Å². The predicted octanol–water partition coefficient (Wildman–Crippen LogP) is 6.37. The van der Waals surface area contributed by atoms with Crippen LogP contribution in [0.3, 0.4) is 0 Å². The molecule has 0 N–H and O–H groups in total. The number of hydrogen-bond donors (Lipinski definition) is 0. The molecule has 0 saturated heterocycles. The summed E-state index contributed by atoms with van der Waals surface area (Å²) in [6.45, 7) is 2.16. The zero-order chi connectivity index (χ0) is 19.4. The van der Waals surface area contributed by atoms with Crippen LogP contribution in [-0.2, 0) is 19.3 Å². The Bertz CT molecular complexity index is 867. The molecule has 0 spiro atoms. The maximum atomic E-state index is 14.7. The third-order valence-corrected chi connectivity index (χ3v) is 5.56. The first kappa shape index (κ1) is 19.5. The summed E-state index contributed by atoms with van der Waals surface area (Å²) in [5, 5.41) is 8.91. The molecular formula is C23H24F3N. The van der Waals surface area contributed by atoms with Gasteiger partial charge in [0, 0.05) is 0 Å². The first-order valence-corrected chi connectivity index (χ1v) is 9.73. The molecule has 0 saturated carbocycles. The maximum Gasteiger partial charge on any atom is 0.147 e. The smallest absolute Gasteiger partial charge is 0.147 e. The second-order valence-electron chi connectivity index (χ2n) is 7.40. The summed E-state index contributed by atoms with van der Waals surface area (Å²) in [6, 6.07) is 8.24. The Morgan fingerprint density at radius 1 is 1.07 bits per heavy atom. The highest BCUT2D eigenvalue weighted by Crippen LogP contribution is 2.36. The van der Waals surface area contributed by atoms with E-state index in [-0.39, 0.29) is 11.7 Å². The fraction of sp³-hybridized carbons (Fsp3) is 0.435. The molecule has 1 aliphatic rings. The van der Waals surface area contributed by atoms with Gasteiger partial charge in [-0.1, -0.05) is 38.3 Å². The molecule has 142 valence electrons. The van der Waals surface area contributed by atoms with Crippen molar-refractivity contribution in [2.75, 3.05) is 0 Å². The molecule has 0 radical (unpaired) electrons. The van der Waals surface area contributed by atoms with Crippen molar-refractivity contribution in [1.29, 1.82) is 5.26 Å². The number of hydrogen-bond acceptors (Lipinski definition) is 1. The summed E-state index contributed by atoms with van der Waals surface area (Å²) < 4.78 is 42.9. The predicted molar refractivity (Wildman–Crippen MR) is 100 cm³/mol. The third-order valence-electron chi connectivity index (χ3n) is 5.56. The van der Waals surface area contributed by atoms with Crippen LogP contribution in [0.2, 0.25) is 0 Å². The molecule has 2 aromatic carbocycles. The minimum atomic E-state index is -0.836. The molecule has 1 atom stereocenters. The van der Waals surface area contributed by atoms with Crippen LogP contribution in [0.15, 0.2) is 24.3 Å². The normalized spacial score (nSPS) is 16.0. The molecule has 0 fully saturated rings. The summed E-state index contributed by atoms with van der Waals surface area (Å²) in [7, 11) is 0. The lowest BCUT2D eigenvalue weighted by Gasteiger charge is -2.26. The van der Waals surface area contributed by atoms with Crippen molar-refractivity contribution in [3.8, 4) is 6.07 Å². The Morgan fingerprint density at radius 2 is 1.89 bits per heavy atom. The van der Waals surface area contributed by atoms with E-state index in [4.69, 9.17) is 5.26 Å². The molecule has 1 nitrogen and oxygen atoms in total. The van der Waals surface area contributed by atoms with Gasteiger partial charge in [0.2, 0.25) is 0 Å². The van der Waals surface area contributed by atoms with Crippen molar-refractivity contribution in [1.82, 2.24) is 0 Å². The second-order valence-corrected chi connectivity index (χ2v) is 7.40. The molecule has 0 aromatic heterocycles. The van der Waals surface area contributed by atoms with E-state index in [2.05, 4.69) is 6.92 Å². The van der Waals surface area contributed by atoms with Crippen molar-refractivity contribution in [3.05, 3.63) is 69.5 Å². The van der Waals surface area contributed by atoms with Gasteiger partial charge >= 0.3 is 0 Å². The Morgan fingerprint density at radius 3 is 2.59 bits per heavy atom. The molecule has 0 bridgehead atoms. The quantitative estimate of drug-likeness (QED) is 0.541. The lowest BCUT2D eigenvalue weighted by molar-refractivity contribution is 0.502. The van der Waals surface area contributed by atoms with Crippen molar-refractivity contribution >= 4 is 0 Å². The third kappa shape index (κ3) is 4.18. The summed E-state index contributed by atoms with van der Waals surface area (Å²) in [6.07, 6.45) is 6.83. The lowest BCUT2D eigenvalue weighted by atomic mass is 9.79. The minimum Gasteiger partial charge on any atom is -0.207 e. The van der Waals surface area contributed by atoms with Gasteiger partial charge in [0.15, 0.2) is 0 Å². The van der Waals surface area contributed by atoms with E-state index < -0.39 is 17.2 Å². The van der Waals surface area contributed by atoms with Crippen molar-refractivity contribution in [2.24, 2.45) is 0 Å². The minimum absolute atomic E-state index is 0.0987. The number of nitriles is 1. The van der Waals surface area contributed by atoms with Crippen LogP contribution in [0.5, 0.6) is 0 Å². The van der Waals surface area contributed by atoms with Crippen LogP contribution < -0.4 is 0 Å². The highest BCUT2D eigenvalue weighted by Gasteiger charge is 2.27. The van der Waals surface area contributed by atoms with Gasteiger partial charge in [0.05, 0.1) is 0 Å². The molecule has 4 heteroatoms. The fourth-order valence-electron chi connectivity index (χ4n) is 4.03. The second kappa shape index (κ2) is 8.61. The SMILES string of the molecule is CCCCCCc1ccc(C2CCc3c(cc(F)c(C#N)c3F)C2)c(F)c1. The number of benzene rings is 2. The summed E-state index contributed by atoms with van der Waals surface area (Å²) in [4.78, 5) is 0. The van der Waals surface area contributed by atoms with Crippen LogP contribution in [0.4, 0.5) is 13.2 Å². The molecule has 2 aromatic rings. The first-order valence-electron chi connectivity index (χ1n) is 9.73. The molecule has 1 unspecified atom stereocenters. The summed E-state index contributed by atoms with van der Waals surface area (Å²) >= 11 is 0. The summed E-state index contributed by atoms with van der Waals surface area (Å²) in [5.74, 6) is -1.92. The van der Waals surface area contributed by atoms with Crippen molar-refractivity contribution < 1.29 is 13.2 Å². The summed E-state index contributed by atoms with van der Waals surface area (Å²) in [5.41, 5.74) is 2.04. The Hall–Kier alpha value is -2.28. The van der Waals surface area contributed by atoms with Gasteiger partial charge in [-0.05, 0) is 72.4 Å². The molecule has 0 heterocycles. The van der Waals surface area contributed by atoms with E-state index in [1.165, 1.54) is 18.9 Å². The molecule has 0 amide bonds. The largest absolute Gasteiger partial charge is 0.207 e. The number of fused-ring (bicyclic) bond motifs is 1. The Balaban J connectivity index is 1.76. The lowest BCUT2D eigenvalue weighted by Crippen LogP contribution is -2.17. The maximum absolute atomic E-state index is 14.7. The van der Waals surface area contributed by atoms with Gasteiger partial charge in [0.25, 0.3) is 0 Å².